The molecule has 1 aromatic heterocycles. The molecule has 2 radical (unpaired) electrons. The molecule has 0 atom stereocenters. The zero-order valence-electron chi connectivity index (χ0n) is 11.8. The van der Waals surface area contributed by atoms with E-state index in [0.29, 0.717) is 0 Å². The van der Waals surface area contributed by atoms with Crippen LogP contribution in [-0.4, -0.2) is 4.57 Å². The molecule has 1 nitrogen and oxygen atoms in total. The Balaban J connectivity index is 1.91. The Kier molecular flexibility index (Phi) is 3.03. The van der Waals surface area contributed by atoms with E-state index in [4.69, 9.17) is 0 Å². The second kappa shape index (κ2) is 5.03. The lowest BCUT2D eigenvalue weighted by molar-refractivity contribution is 0.629. The van der Waals surface area contributed by atoms with E-state index in [2.05, 4.69) is 35.3 Å². The van der Waals surface area contributed by atoms with E-state index in [9.17, 15) is 4.39 Å². The number of aromatic nitrogens is 1. The molecule has 0 aliphatic heterocycles. The lowest BCUT2D eigenvalue weighted by Crippen LogP contribution is -2.07. The number of fused-ring (bicyclic) bond motifs is 3. The smallest absolute Gasteiger partial charge is 0.123 e. The zero-order valence-corrected chi connectivity index (χ0v) is 11.8. The summed E-state index contributed by atoms with van der Waals surface area (Å²) < 4.78 is 15.9. The Morgan fingerprint density at radius 2 is 1.95 bits per heavy atom. The van der Waals surface area contributed by atoms with Crippen LogP contribution >= 0.6 is 0 Å². The van der Waals surface area contributed by atoms with Crippen molar-refractivity contribution in [3.05, 3.63) is 77.6 Å². The molecule has 0 saturated heterocycles. The van der Waals surface area contributed by atoms with Crippen molar-refractivity contribution in [3.63, 3.8) is 0 Å². The molecule has 1 aliphatic carbocycles. The molecule has 0 amide bonds. The molecule has 2 heteroatoms. The lowest BCUT2D eigenvalue weighted by atomic mass is 9.95. The summed E-state index contributed by atoms with van der Waals surface area (Å²) in [5.74, 6) is -0.160. The first-order valence-corrected chi connectivity index (χ1v) is 7.41. The maximum absolute atomic E-state index is 13.6. The van der Waals surface area contributed by atoms with Crippen LogP contribution in [-0.2, 0) is 13.0 Å². The van der Waals surface area contributed by atoms with Crippen LogP contribution in [0.25, 0.3) is 10.9 Å². The van der Waals surface area contributed by atoms with Gasteiger partial charge in [0.2, 0.25) is 0 Å². The van der Waals surface area contributed by atoms with Crippen LogP contribution in [0.1, 0.15) is 29.7 Å². The van der Waals surface area contributed by atoms with Gasteiger partial charge in [-0.15, -0.1) is 0 Å². The fourth-order valence-corrected chi connectivity index (χ4v) is 3.25. The molecular weight excluding hydrogens is 261 g/mol. The molecule has 3 aromatic rings. The van der Waals surface area contributed by atoms with Crippen molar-refractivity contribution in [2.75, 3.05) is 0 Å². The van der Waals surface area contributed by atoms with Crippen LogP contribution in [0.3, 0.4) is 0 Å². The predicted octanol–water partition coefficient (Wildman–Crippen LogP) is 4.59. The highest BCUT2D eigenvalue weighted by molar-refractivity contribution is 5.86. The van der Waals surface area contributed by atoms with Crippen LogP contribution in [0, 0.1) is 12.2 Å². The van der Waals surface area contributed by atoms with Gasteiger partial charge in [-0.1, -0.05) is 30.3 Å². The van der Waals surface area contributed by atoms with E-state index in [-0.39, 0.29) is 5.82 Å². The highest BCUT2D eigenvalue weighted by Crippen LogP contribution is 2.34. The molecule has 21 heavy (non-hydrogen) atoms. The van der Waals surface area contributed by atoms with Gasteiger partial charge in [0, 0.05) is 29.6 Å². The Hall–Kier alpha value is -2.09. The fraction of sp³-hybridized carbons (Fsp3) is 0.211. The van der Waals surface area contributed by atoms with E-state index >= 15 is 0 Å². The monoisotopic (exact) mass is 277 g/mol. The van der Waals surface area contributed by atoms with Crippen molar-refractivity contribution in [3.8, 4) is 0 Å². The van der Waals surface area contributed by atoms with Gasteiger partial charge in [-0.3, -0.25) is 0 Å². The highest BCUT2D eigenvalue weighted by atomic mass is 19.1. The average Bonchev–Trinajstić information content (AvgIpc) is 2.82. The van der Waals surface area contributed by atoms with Gasteiger partial charge in [0.15, 0.2) is 0 Å². The van der Waals surface area contributed by atoms with Crippen molar-refractivity contribution in [1.82, 2.24) is 4.57 Å². The molecule has 2 aromatic carbocycles. The van der Waals surface area contributed by atoms with Crippen LogP contribution < -0.4 is 0 Å². The first-order chi connectivity index (χ1) is 10.3. The molecule has 0 spiro atoms. The summed E-state index contributed by atoms with van der Waals surface area (Å²) in [5, 5.41) is 1.05. The minimum absolute atomic E-state index is 0.160. The third-order valence-corrected chi connectivity index (χ3v) is 4.21. The summed E-state index contributed by atoms with van der Waals surface area (Å²) in [5.41, 5.74) is 4.78. The molecule has 0 unspecified atom stereocenters. The van der Waals surface area contributed by atoms with Gasteiger partial charge >= 0.3 is 0 Å². The maximum atomic E-state index is 13.6. The second-order valence-corrected chi connectivity index (χ2v) is 5.59. The summed E-state index contributed by atoms with van der Waals surface area (Å²) in [6.45, 7) is 0.811. The number of halogens is 1. The number of nitrogens with zero attached hydrogens (tertiary/aromatic N) is 1. The third-order valence-electron chi connectivity index (χ3n) is 4.21. The van der Waals surface area contributed by atoms with Gasteiger partial charge in [0.25, 0.3) is 0 Å². The van der Waals surface area contributed by atoms with Crippen LogP contribution in [0.5, 0.6) is 0 Å². The molecule has 1 heterocycles. The highest BCUT2D eigenvalue weighted by Gasteiger charge is 2.20. The third kappa shape index (κ3) is 2.15. The summed E-state index contributed by atoms with van der Waals surface area (Å²) in [6.07, 6.45) is 6.61. The van der Waals surface area contributed by atoms with Crippen molar-refractivity contribution >= 4 is 10.9 Å². The molecule has 104 valence electrons. The Morgan fingerprint density at radius 1 is 1.10 bits per heavy atom. The van der Waals surface area contributed by atoms with Gasteiger partial charge in [-0.05, 0) is 48.6 Å². The lowest BCUT2D eigenvalue weighted by Gasteiger charge is -2.15. The van der Waals surface area contributed by atoms with E-state index in [1.807, 2.05) is 12.1 Å². The quantitative estimate of drug-likeness (QED) is 0.645. The molecule has 1 aliphatic rings. The minimum atomic E-state index is -0.160. The fourth-order valence-electron chi connectivity index (χ4n) is 3.25. The summed E-state index contributed by atoms with van der Waals surface area (Å²) >= 11 is 0. The van der Waals surface area contributed by atoms with Crippen molar-refractivity contribution < 1.29 is 4.39 Å². The van der Waals surface area contributed by atoms with Crippen molar-refractivity contribution in [2.24, 2.45) is 0 Å². The molecule has 0 fully saturated rings. The maximum Gasteiger partial charge on any atom is 0.123 e. The van der Waals surface area contributed by atoms with E-state index < -0.39 is 0 Å². The number of hydrogen-bond donors (Lipinski definition) is 0. The Bertz CT molecular complexity index is 786. The first kappa shape index (κ1) is 12.6. The number of aryl methyl sites for hydroxylation is 1. The first-order valence-electron chi connectivity index (χ1n) is 7.41. The molecule has 0 saturated carbocycles. The van der Waals surface area contributed by atoms with Crippen LogP contribution in [0.15, 0.2) is 48.5 Å². The van der Waals surface area contributed by atoms with Gasteiger partial charge in [0.1, 0.15) is 5.82 Å². The largest absolute Gasteiger partial charge is 0.339 e. The Morgan fingerprint density at radius 3 is 2.81 bits per heavy atom. The summed E-state index contributed by atoms with van der Waals surface area (Å²) in [7, 11) is 0. The topological polar surface area (TPSA) is 4.93 Å². The molecule has 0 bridgehead atoms. The zero-order chi connectivity index (χ0) is 14.2. The normalized spacial score (nSPS) is 14.3. The van der Waals surface area contributed by atoms with Crippen molar-refractivity contribution in [2.45, 2.75) is 25.8 Å². The molecule has 4 rings (SSSR count). The number of rotatable bonds is 2. The van der Waals surface area contributed by atoms with Crippen molar-refractivity contribution in [1.29, 1.82) is 0 Å². The second-order valence-electron chi connectivity index (χ2n) is 5.59. The standard InChI is InChI=1S/C19H16FN/c20-15-10-11-19-17(12-15)16-8-4-5-9-18(16)21(19)13-14-6-2-1-3-7-14/h1-3,6-7,10-12H,4-5,8,13H2. The number of hydrogen-bond acceptors (Lipinski definition) is 0. The van der Waals surface area contributed by atoms with Crippen LogP contribution in [0.2, 0.25) is 0 Å². The molecule has 0 N–H and O–H groups in total. The van der Waals surface area contributed by atoms with E-state index in [1.54, 1.807) is 12.1 Å². The van der Waals surface area contributed by atoms with Gasteiger partial charge < -0.3 is 4.57 Å². The van der Waals surface area contributed by atoms with Gasteiger partial charge in [0.05, 0.1) is 0 Å². The van der Waals surface area contributed by atoms with Crippen LogP contribution in [0.4, 0.5) is 4.39 Å². The summed E-state index contributed by atoms with van der Waals surface area (Å²) in [6, 6.07) is 15.5. The average molecular weight is 277 g/mol. The number of benzene rings is 2. The molecular formula is C19H16FN. The Labute approximate surface area is 124 Å². The van der Waals surface area contributed by atoms with Gasteiger partial charge in [-0.25, -0.2) is 4.39 Å². The predicted molar refractivity (Wildman–Crippen MR) is 82.7 cm³/mol. The van der Waals surface area contributed by atoms with Gasteiger partial charge in [-0.2, -0.15) is 0 Å². The SMILES string of the molecule is Fc1ccc2c(c1)c1c(n2Cc2ccccc2)[C]CCC1. The minimum Gasteiger partial charge on any atom is -0.339 e. The van der Waals surface area contributed by atoms with E-state index in [0.717, 1.165) is 42.4 Å². The van der Waals surface area contributed by atoms with E-state index in [1.165, 1.54) is 11.1 Å². The summed E-state index contributed by atoms with van der Waals surface area (Å²) in [4.78, 5) is 0.